The Labute approximate surface area is 174 Å². The van der Waals surface area contributed by atoms with Crippen LogP contribution in [0, 0.1) is 0 Å². The van der Waals surface area contributed by atoms with E-state index in [4.69, 9.17) is 4.74 Å². The molecule has 0 saturated carbocycles. The molecule has 0 unspecified atom stereocenters. The molecule has 5 heteroatoms. The van der Waals surface area contributed by atoms with Crippen LogP contribution in [0.2, 0.25) is 0 Å². The molecular formula is C24H32N2O3. The smallest absolute Gasteiger partial charge is 0.242 e. The van der Waals surface area contributed by atoms with Crippen LogP contribution in [0.1, 0.15) is 44.2 Å². The summed E-state index contributed by atoms with van der Waals surface area (Å²) >= 11 is 0. The largest absolute Gasteiger partial charge is 0.497 e. The third kappa shape index (κ3) is 6.93. The number of rotatable bonds is 11. The van der Waals surface area contributed by atoms with E-state index in [1.165, 1.54) is 0 Å². The molecule has 0 fully saturated rings. The summed E-state index contributed by atoms with van der Waals surface area (Å²) in [5.74, 6) is 0.669. The van der Waals surface area contributed by atoms with Crippen molar-refractivity contribution in [1.82, 2.24) is 10.2 Å². The Hall–Kier alpha value is -2.82. The lowest BCUT2D eigenvalue weighted by Gasteiger charge is -2.31. The van der Waals surface area contributed by atoms with Crippen molar-refractivity contribution in [3.8, 4) is 5.75 Å². The van der Waals surface area contributed by atoms with Crippen molar-refractivity contribution < 1.29 is 14.3 Å². The molecule has 2 aromatic carbocycles. The molecule has 5 nitrogen and oxygen atoms in total. The summed E-state index contributed by atoms with van der Waals surface area (Å²) in [5, 5.41) is 2.94. The summed E-state index contributed by atoms with van der Waals surface area (Å²) < 4.78 is 5.22. The normalized spacial score (nSPS) is 11.6. The Morgan fingerprint density at radius 2 is 1.69 bits per heavy atom. The average molecular weight is 397 g/mol. The van der Waals surface area contributed by atoms with Crippen LogP contribution in [0.3, 0.4) is 0 Å². The van der Waals surface area contributed by atoms with Crippen LogP contribution in [-0.2, 0) is 22.6 Å². The molecule has 2 amide bonds. The van der Waals surface area contributed by atoms with Gasteiger partial charge in [-0.25, -0.2) is 0 Å². The van der Waals surface area contributed by atoms with Gasteiger partial charge in [-0.05, 0) is 42.5 Å². The maximum atomic E-state index is 13.1. The van der Waals surface area contributed by atoms with E-state index in [-0.39, 0.29) is 11.8 Å². The second kappa shape index (κ2) is 11.9. The molecule has 2 aromatic rings. The molecule has 0 aliphatic carbocycles. The van der Waals surface area contributed by atoms with Crippen LogP contribution in [-0.4, -0.2) is 36.4 Å². The monoisotopic (exact) mass is 396 g/mol. The Bertz CT molecular complexity index is 759. The van der Waals surface area contributed by atoms with Gasteiger partial charge in [0.2, 0.25) is 11.8 Å². The van der Waals surface area contributed by atoms with E-state index >= 15 is 0 Å². The first-order chi connectivity index (χ1) is 14.1. The minimum absolute atomic E-state index is 0.0110. The molecule has 0 aliphatic rings. The fourth-order valence-corrected chi connectivity index (χ4v) is 3.25. The fraction of sp³-hybridized carbons (Fsp3) is 0.417. The number of carbonyl (C=O) groups excluding carboxylic acids is 2. The molecule has 0 bridgehead atoms. The molecule has 2 rings (SSSR count). The van der Waals surface area contributed by atoms with Gasteiger partial charge in [0.1, 0.15) is 11.8 Å². The highest BCUT2D eigenvalue weighted by Gasteiger charge is 2.28. The number of nitrogens with one attached hydrogen (secondary N) is 1. The van der Waals surface area contributed by atoms with Gasteiger partial charge in [0.25, 0.3) is 0 Å². The van der Waals surface area contributed by atoms with Crippen molar-refractivity contribution in [1.29, 1.82) is 0 Å². The van der Waals surface area contributed by atoms with Crippen molar-refractivity contribution in [2.75, 3.05) is 13.7 Å². The standard InChI is InChI=1S/C24H32N2O3/c1-4-17-25-24(28)22(5-2)26(18-20-11-14-21(29-3)15-12-20)23(27)16-13-19-9-7-6-8-10-19/h6-12,14-15,22H,4-5,13,16-18H2,1-3H3,(H,25,28)/t22-/m0/s1. The van der Waals surface area contributed by atoms with E-state index in [0.717, 1.165) is 23.3 Å². The highest BCUT2D eigenvalue weighted by atomic mass is 16.5. The molecule has 0 aromatic heterocycles. The zero-order valence-electron chi connectivity index (χ0n) is 17.7. The van der Waals surface area contributed by atoms with Crippen molar-refractivity contribution in [2.45, 2.75) is 52.1 Å². The Morgan fingerprint density at radius 3 is 2.28 bits per heavy atom. The summed E-state index contributed by atoms with van der Waals surface area (Å²) in [6, 6.07) is 17.1. The number of hydrogen-bond acceptors (Lipinski definition) is 3. The number of hydrogen-bond donors (Lipinski definition) is 1. The highest BCUT2D eigenvalue weighted by molar-refractivity contribution is 5.87. The zero-order chi connectivity index (χ0) is 21.1. The minimum atomic E-state index is -0.480. The highest BCUT2D eigenvalue weighted by Crippen LogP contribution is 2.17. The summed E-state index contributed by atoms with van der Waals surface area (Å²) in [5.41, 5.74) is 2.09. The summed E-state index contributed by atoms with van der Waals surface area (Å²) in [7, 11) is 1.62. The van der Waals surface area contributed by atoms with E-state index in [1.54, 1.807) is 12.0 Å². The third-order valence-corrected chi connectivity index (χ3v) is 4.92. The first kappa shape index (κ1) is 22.5. The van der Waals surface area contributed by atoms with E-state index < -0.39 is 6.04 Å². The summed E-state index contributed by atoms with van der Waals surface area (Å²) in [6.07, 6.45) is 2.47. The van der Waals surface area contributed by atoms with E-state index in [1.807, 2.05) is 68.4 Å². The minimum Gasteiger partial charge on any atom is -0.497 e. The van der Waals surface area contributed by atoms with Crippen molar-refractivity contribution >= 4 is 11.8 Å². The Balaban J connectivity index is 2.17. The quantitative estimate of drug-likeness (QED) is 0.625. The average Bonchev–Trinajstić information content (AvgIpc) is 2.77. The van der Waals surface area contributed by atoms with Gasteiger partial charge in [-0.1, -0.05) is 56.3 Å². The van der Waals surface area contributed by atoms with Gasteiger partial charge in [0, 0.05) is 19.5 Å². The predicted octanol–water partition coefficient (Wildman–Crippen LogP) is 3.96. The van der Waals surface area contributed by atoms with Crippen molar-refractivity contribution in [3.63, 3.8) is 0 Å². The van der Waals surface area contributed by atoms with E-state index in [2.05, 4.69) is 5.32 Å². The molecule has 0 radical (unpaired) electrons. The lowest BCUT2D eigenvalue weighted by Crippen LogP contribution is -2.49. The van der Waals surface area contributed by atoms with Crippen molar-refractivity contribution in [3.05, 3.63) is 65.7 Å². The predicted molar refractivity (Wildman–Crippen MR) is 116 cm³/mol. The third-order valence-electron chi connectivity index (χ3n) is 4.92. The molecule has 0 aliphatic heterocycles. The van der Waals surface area contributed by atoms with Crippen molar-refractivity contribution in [2.24, 2.45) is 0 Å². The second-order valence-corrected chi connectivity index (χ2v) is 7.07. The SMILES string of the molecule is CCCNC(=O)[C@H](CC)N(Cc1ccc(OC)cc1)C(=O)CCc1ccccc1. The Morgan fingerprint density at radius 1 is 1.00 bits per heavy atom. The topological polar surface area (TPSA) is 58.6 Å². The van der Waals surface area contributed by atoms with Crippen LogP contribution >= 0.6 is 0 Å². The first-order valence-electron chi connectivity index (χ1n) is 10.3. The second-order valence-electron chi connectivity index (χ2n) is 7.07. The van der Waals surface area contributed by atoms with Gasteiger partial charge in [0.15, 0.2) is 0 Å². The zero-order valence-corrected chi connectivity index (χ0v) is 17.7. The van der Waals surface area contributed by atoms with Gasteiger partial charge in [-0.2, -0.15) is 0 Å². The summed E-state index contributed by atoms with van der Waals surface area (Å²) in [6.45, 7) is 4.97. The molecule has 1 N–H and O–H groups in total. The first-order valence-corrected chi connectivity index (χ1v) is 10.3. The van der Waals surface area contributed by atoms with Crippen LogP contribution < -0.4 is 10.1 Å². The van der Waals surface area contributed by atoms with Gasteiger partial charge in [0.05, 0.1) is 7.11 Å². The maximum Gasteiger partial charge on any atom is 0.242 e. The summed E-state index contributed by atoms with van der Waals surface area (Å²) in [4.78, 5) is 27.6. The lowest BCUT2D eigenvalue weighted by molar-refractivity contribution is -0.141. The molecule has 0 spiro atoms. The molecule has 0 heterocycles. The van der Waals surface area contributed by atoms with Gasteiger partial charge in [-0.15, -0.1) is 0 Å². The van der Waals surface area contributed by atoms with E-state index in [9.17, 15) is 9.59 Å². The fourth-order valence-electron chi connectivity index (χ4n) is 3.25. The van der Waals surface area contributed by atoms with Crippen LogP contribution in [0.25, 0.3) is 0 Å². The maximum absolute atomic E-state index is 13.1. The number of ether oxygens (including phenoxy) is 1. The van der Waals surface area contributed by atoms with Crippen LogP contribution in [0.4, 0.5) is 0 Å². The van der Waals surface area contributed by atoms with Crippen LogP contribution in [0.5, 0.6) is 5.75 Å². The number of methoxy groups -OCH3 is 1. The van der Waals surface area contributed by atoms with Crippen LogP contribution in [0.15, 0.2) is 54.6 Å². The Kier molecular flexibility index (Phi) is 9.22. The van der Waals surface area contributed by atoms with Gasteiger partial charge >= 0.3 is 0 Å². The number of carbonyl (C=O) groups is 2. The number of amides is 2. The molecule has 1 atom stereocenters. The lowest BCUT2D eigenvalue weighted by atomic mass is 10.1. The number of nitrogens with zero attached hydrogens (tertiary/aromatic N) is 1. The number of aryl methyl sites for hydroxylation is 1. The molecule has 0 saturated heterocycles. The van der Waals surface area contributed by atoms with Gasteiger partial charge < -0.3 is 15.0 Å². The van der Waals surface area contributed by atoms with Gasteiger partial charge in [-0.3, -0.25) is 9.59 Å². The van der Waals surface area contributed by atoms with E-state index in [0.29, 0.717) is 32.4 Å². The number of benzene rings is 2. The molecular weight excluding hydrogens is 364 g/mol. The molecule has 156 valence electrons. The molecule has 29 heavy (non-hydrogen) atoms.